The van der Waals surface area contributed by atoms with Crippen molar-refractivity contribution in [2.24, 2.45) is 0 Å². The van der Waals surface area contributed by atoms with Gasteiger partial charge in [-0.1, -0.05) is 7.43 Å². The summed E-state index contributed by atoms with van der Waals surface area (Å²) in [5.41, 5.74) is 0. The van der Waals surface area contributed by atoms with E-state index in [0.29, 0.717) is 0 Å². The van der Waals surface area contributed by atoms with Gasteiger partial charge in [-0.2, -0.15) is 0 Å². The molecule has 0 aromatic carbocycles. The Kier molecular flexibility index (Phi) is 23.1. The number of hydrogen-bond acceptors (Lipinski definition) is 1. The Morgan fingerprint density at radius 2 is 1.75 bits per heavy atom. The van der Waals surface area contributed by atoms with Crippen molar-refractivity contribution < 1.29 is 23.2 Å². The first kappa shape index (κ1) is 8.86. The molecule has 0 saturated heterocycles. The molecule has 0 atom stereocenters. The zero-order chi connectivity index (χ0) is 2.71. The van der Waals surface area contributed by atoms with Gasteiger partial charge in [-0.25, -0.2) is 0 Å². The van der Waals surface area contributed by atoms with Gasteiger partial charge in [-0.15, -0.1) is 0 Å². The molecule has 0 heterocycles. The van der Waals surface area contributed by atoms with Crippen LogP contribution in [0.2, 0.25) is 0 Å². The molecule has 0 rings (SSSR count). The molecule has 0 aliphatic carbocycles. The van der Waals surface area contributed by atoms with Crippen LogP contribution in [0.1, 0.15) is 7.43 Å². The summed E-state index contributed by atoms with van der Waals surface area (Å²) in [6, 6.07) is 0. The first-order valence-electron chi connectivity index (χ1n) is 0.302. The average Bonchev–Trinajstić information content (AvgIpc) is 0.918. The van der Waals surface area contributed by atoms with Gasteiger partial charge < -0.3 is 0 Å². The Hall–Kier alpha value is 0.279. The van der Waals surface area contributed by atoms with Crippen LogP contribution >= 0.6 is 0 Å². The van der Waals surface area contributed by atoms with Crippen molar-refractivity contribution in [3.8, 4) is 0 Å². The van der Waals surface area contributed by atoms with Gasteiger partial charge in [-0.05, 0) is 0 Å². The van der Waals surface area contributed by atoms with Crippen LogP contribution in [-0.2, 0) is 19.1 Å². The minimum atomic E-state index is -1.00. The van der Waals surface area contributed by atoms with Gasteiger partial charge in [0.05, 0.1) is 0 Å². The van der Waals surface area contributed by atoms with Crippen LogP contribution in [0.5, 0.6) is 0 Å². The van der Waals surface area contributed by atoms with Gasteiger partial charge in [0.25, 0.3) is 0 Å². The van der Waals surface area contributed by atoms with Gasteiger partial charge in [0.2, 0.25) is 0 Å². The van der Waals surface area contributed by atoms with E-state index in [9.17, 15) is 0 Å². The third kappa shape index (κ3) is 47.8. The molecule has 0 unspecified atom stereocenters. The topological polar surface area (TPSA) is 37.3 Å². The van der Waals surface area contributed by atoms with Gasteiger partial charge in [0, 0.05) is 0 Å². The van der Waals surface area contributed by atoms with Crippen molar-refractivity contribution in [3.05, 3.63) is 0 Å². The molecule has 1 N–H and O–H groups in total. The van der Waals surface area contributed by atoms with E-state index in [4.69, 9.17) is 8.02 Å². The number of hydrogen-bond donors (Lipinski definition) is 1. The summed E-state index contributed by atoms with van der Waals surface area (Å²) in [5.74, 6) is 0. The van der Waals surface area contributed by atoms with Gasteiger partial charge in [-0.3, -0.25) is 0 Å². The Morgan fingerprint density at radius 3 is 1.75 bits per heavy atom. The van der Waals surface area contributed by atoms with E-state index in [1.807, 2.05) is 0 Å². The molecule has 29 valence electrons. The summed E-state index contributed by atoms with van der Waals surface area (Å²) in [7, 11) is 0. The summed E-state index contributed by atoms with van der Waals surface area (Å²) in [4.78, 5) is 0. The Labute approximate surface area is 31.5 Å². The monoisotopic (exact) mass is 105 g/mol. The van der Waals surface area contributed by atoms with E-state index in [-0.39, 0.29) is 7.43 Å². The standard InChI is InChI=1S/CH4.Fe.H2O.O/h1H4;;1H2;/q;+1;;/p-1. The predicted octanol–water partition coefficient (Wildman–Crippen LogP) is -0.0422. The quantitative estimate of drug-likeness (QED) is 0.438. The maximum absolute atomic E-state index is 8.49. The van der Waals surface area contributed by atoms with Crippen LogP contribution in [0.25, 0.3) is 0 Å². The molecule has 0 aromatic heterocycles. The van der Waals surface area contributed by atoms with Crippen LogP contribution in [-0.4, -0.2) is 4.19 Å². The molecule has 0 bridgehead atoms. The second-order valence-electron chi connectivity index (χ2n) is 0.0645. The molecule has 0 spiro atoms. The van der Waals surface area contributed by atoms with Crippen molar-refractivity contribution in [3.63, 3.8) is 0 Å². The second kappa shape index (κ2) is 10.4. The molecule has 0 saturated carbocycles. The normalized spacial score (nSPS) is 4.25. The molecule has 0 aromatic rings. The van der Waals surface area contributed by atoms with Crippen molar-refractivity contribution in [2.75, 3.05) is 0 Å². The maximum atomic E-state index is 8.49. The van der Waals surface area contributed by atoms with Gasteiger partial charge in [0.15, 0.2) is 0 Å². The Bertz CT molecular complexity index is 13.5. The van der Waals surface area contributed by atoms with Crippen LogP contribution in [0, 0.1) is 0 Å². The van der Waals surface area contributed by atoms with E-state index in [0.717, 1.165) is 0 Å². The fourth-order valence-electron chi connectivity index (χ4n) is 0. The number of rotatable bonds is 0. The van der Waals surface area contributed by atoms with E-state index in [1.165, 1.54) is 0 Å². The van der Waals surface area contributed by atoms with Crippen molar-refractivity contribution in [2.45, 2.75) is 7.43 Å². The van der Waals surface area contributed by atoms with E-state index < -0.39 is 15.2 Å². The fraction of sp³-hybridized carbons (Fsp3) is 1.00. The molecular weight excluding hydrogens is 99.9 g/mol. The Balaban J connectivity index is 0. The summed E-state index contributed by atoms with van der Waals surface area (Å²) in [6.45, 7) is 0. The summed E-state index contributed by atoms with van der Waals surface area (Å²) in [6.07, 6.45) is 0. The van der Waals surface area contributed by atoms with Crippen molar-refractivity contribution >= 4 is 0 Å². The SMILES string of the molecule is C.[O]=[Fe][OH]. The molecule has 4 heavy (non-hydrogen) atoms. The van der Waals surface area contributed by atoms with Crippen molar-refractivity contribution in [1.82, 2.24) is 0 Å². The average molecular weight is 105 g/mol. The first-order valence-corrected chi connectivity index (χ1v) is 1.25. The minimum absolute atomic E-state index is 0. The molecule has 0 fully saturated rings. The third-order valence-electron chi connectivity index (χ3n) is 0. The molecule has 3 heteroatoms. The van der Waals surface area contributed by atoms with Crippen LogP contribution in [0.4, 0.5) is 0 Å². The molecule has 0 radical (unpaired) electrons. The molecular formula is CH5FeO2. The molecule has 0 aliphatic heterocycles. The zero-order valence-electron chi connectivity index (χ0n) is 1.21. The van der Waals surface area contributed by atoms with E-state index in [2.05, 4.69) is 0 Å². The third-order valence-corrected chi connectivity index (χ3v) is 0. The predicted molar refractivity (Wildman–Crippen MR) is 9.64 cm³/mol. The summed E-state index contributed by atoms with van der Waals surface area (Å²) in [5, 5.41) is 0. The van der Waals surface area contributed by atoms with Gasteiger partial charge in [0.1, 0.15) is 0 Å². The fourth-order valence-corrected chi connectivity index (χ4v) is 0. The van der Waals surface area contributed by atoms with Crippen LogP contribution < -0.4 is 0 Å². The summed E-state index contributed by atoms with van der Waals surface area (Å²) < 4.78 is 15.5. The zero-order valence-corrected chi connectivity index (χ0v) is 2.31. The van der Waals surface area contributed by atoms with Crippen LogP contribution in [0.15, 0.2) is 0 Å². The first-order chi connectivity index (χ1) is 1.41. The molecule has 2 nitrogen and oxygen atoms in total. The van der Waals surface area contributed by atoms with Crippen molar-refractivity contribution in [1.29, 1.82) is 0 Å². The van der Waals surface area contributed by atoms with E-state index >= 15 is 0 Å². The Morgan fingerprint density at radius 1 is 1.75 bits per heavy atom. The van der Waals surface area contributed by atoms with Gasteiger partial charge >= 0.3 is 23.2 Å². The molecule has 0 amide bonds. The summed E-state index contributed by atoms with van der Waals surface area (Å²) >= 11 is -1.00. The van der Waals surface area contributed by atoms with E-state index in [1.54, 1.807) is 0 Å². The second-order valence-corrected chi connectivity index (χ2v) is 0.266. The van der Waals surface area contributed by atoms with Crippen LogP contribution in [0.3, 0.4) is 0 Å². The molecule has 0 aliphatic rings.